The van der Waals surface area contributed by atoms with Gasteiger partial charge in [-0.1, -0.05) is 6.92 Å². The lowest BCUT2D eigenvalue weighted by Crippen LogP contribution is -2.46. The van der Waals surface area contributed by atoms with Gasteiger partial charge in [0.25, 0.3) is 5.91 Å². The second kappa shape index (κ2) is 7.10. The summed E-state index contributed by atoms with van der Waals surface area (Å²) in [7, 11) is -3.30. The van der Waals surface area contributed by atoms with Gasteiger partial charge in [-0.05, 0) is 24.3 Å². The Morgan fingerprint density at radius 1 is 1.30 bits per heavy atom. The average molecular weight is 341 g/mol. The van der Waals surface area contributed by atoms with Crippen molar-refractivity contribution in [3.63, 3.8) is 0 Å². The van der Waals surface area contributed by atoms with Gasteiger partial charge in [0.05, 0.1) is 29.8 Å². The maximum Gasteiger partial charge on any atom is 0.306 e. The fourth-order valence-electron chi connectivity index (χ4n) is 2.38. The van der Waals surface area contributed by atoms with Crippen LogP contribution in [0, 0.1) is 0 Å². The summed E-state index contributed by atoms with van der Waals surface area (Å²) in [6.07, 6.45) is -0.678. The van der Waals surface area contributed by atoms with Gasteiger partial charge < -0.3 is 14.7 Å². The molecule has 1 aliphatic rings. The van der Waals surface area contributed by atoms with E-state index in [9.17, 15) is 18.0 Å². The van der Waals surface area contributed by atoms with Crippen LogP contribution in [0.4, 0.5) is 0 Å². The molecular weight excluding hydrogens is 322 g/mol. The van der Waals surface area contributed by atoms with Crippen LogP contribution in [-0.2, 0) is 19.4 Å². The lowest BCUT2D eigenvalue weighted by molar-refractivity contribution is -0.141. The molecule has 1 N–H and O–H groups in total. The van der Waals surface area contributed by atoms with E-state index in [1.165, 1.54) is 29.2 Å². The number of morpholine rings is 1. The van der Waals surface area contributed by atoms with Crippen LogP contribution < -0.4 is 0 Å². The van der Waals surface area contributed by atoms with E-state index >= 15 is 0 Å². The van der Waals surface area contributed by atoms with Crippen LogP contribution >= 0.6 is 0 Å². The summed E-state index contributed by atoms with van der Waals surface area (Å²) < 4.78 is 28.9. The number of carbonyl (C=O) groups is 2. The van der Waals surface area contributed by atoms with Crippen LogP contribution in [-0.4, -0.2) is 61.9 Å². The predicted octanol–water partition coefficient (Wildman–Crippen LogP) is 0.796. The molecule has 126 valence electrons. The van der Waals surface area contributed by atoms with E-state index in [4.69, 9.17) is 9.84 Å². The monoisotopic (exact) mass is 341 g/mol. The Morgan fingerprint density at radius 2 is 1.96 bits per heavy atom. The topological polar surface area (TPSA) is 101 Å². The zero-order valence-corrected chi connectivity index (χ0v) is 13.6. The molecule has 0 aromatic heterocycles. The molecule has 1 saturated heterocycles. The van der Waals surface area contributed by atoms with E-state index in [0.29, 0.717) is 12.1 Å². The van der Waals surface area contributed by atoms with Crippen molar-refractivity contribution in [3.05, 3.63) is 29.8 Å². The third kappa shape index (κ3) is 4.29. The molecule has 1 aliphatic heterocycles. The Morgan fingerprint density at radius 3 is 2.52 bits per heavy atom. The Balaban J connectivity index is 2.09. The van der Waals surface area contributed by atoms with Gasteiger partial charge >= 0.3 is 5.97 Å². The van der Waals surface area contributed by atoms with Crippen LogP contribution in [0.5, 0.6) is 0 Å². The maximum atomic E-state index is 12.4. The standard InChI is InChI=1S/C15H19NO6S/c1-2-23(20,21)13-5-3-11(4-6-13)15(19)16-7-8-22-12(10-16)9-14(17)18/h3-6,12H,2,7-10H2,1H3,(H,17,18)/t12-/m0/s1. The highest BCUT2D eigenvalue weighted by Gasteiger charge is 2.26. The smallest absolute Gasteiger partial charge is 0.306 e. The molecule has 2 rings (SSSR count). The lowest BCUT2D eigenvalue weighted by Gasteiger charge is -2.32. The van der Waals surface area contributed by atoms with Crippen molar-refractivity contribution in [3.8, 4) is 0 Å². The summed E-state index contributed by atoms with van der Waals surface area (Å²) in [6.45, 7) is 2.43. The van der Waals surface area contributed by atoms with E-state index in [0.717, 1.165) is 0 Å². The van der Waals surface area contributed by atoms with Gasteiger partial charge in [-0.3, -0.25) is 9.59 Å². The number of nitrogens with zero attached hydrogens (tertiary/aromatic N) is 1. The fraction of sp³-hybridized carbons (Fsp3) is 0.467. The van der Waals surface area contributed by atoms with E-state index < -0.39 is 21.9 Å². The highest BCUT2D eigenvalue weighted by atomic mass is 32.2. The molecule has 8 heteroatoms. The van der Waals surface area contributed by atoms with Crippen molar-refractivity contribution in [1.82, 2.24) is 4.90 Å². The quantitative estimate of drug-likeness (QED) is 0.850. The normalized spacial score (nSPS) is 18.7. The molecule has 0 aliphatic carbocycles. The van der Waals surface area contributed by atoms with E-state index in [2.05, 4.69) is 0 Å². The van der Waals surface area contributed by atoms with Gasteiger partial charge in [0.2, 0.25) is 0 Å². The predicted molar refractivity (Wildman–Crippen MR) is 82.1 cm³/mol. The van der Waals surface area contributed by atoms with Crippen LogP contribution in [0.2, 0.25) is 0 Å². The Labute approximate surface area is 134 Å². The Bertz CT molecular complexity index is 682. The molecule has 0 radical (unpaired) electrons. The number of carbonyl (C=O) groups excluding carboxylic acids is 1. The SMILES string of the molecule is CCS(=O)(=O)c1ccc(C(=O)N2CCO[C@@H](CC(=O)O)C2)cc1. The number of sulfone groups is 1. The largest absolute Gasteiger partial charge is 0.481 e. The van der Waals surface area contributed by atoms with E-state index in [1.807, 2.05) is 0 Å². The molecule has 0 unspecified atom stereocenters. The molecule has 1 heterocycles. The number of hydrogen-bond acceptors (Lipinski definition) is 5. The van der Waals surface area contributed by atoms with Crippen molar-refractivity contribution in [2.75, 3.05) is 25.4 Å². The molecule has 23 heavy (non-hydrogen) atoms. The van der Waals surface area contributed by atoms with E-state index in [-0.39, 0.29) is 36.1 Å². The summed E-state index contributed by atoms with van der Waals surface area (Å²) in [6, 6.07) is 5.79. The zero-order chi connectivity index (χ0) is 17.0. The van der Waals surface area contributed by atoms with Gasteiger partial charge in [-0.2, -0.15) is 0 Å². The Kier molecular flexibility index (Phi) is 5.38. The second-order valence-electron chi connectivity index (χ2n) is 5.27. The number of carboxylic acid groups (broad SMARTS) is 1. The summed E-state index contributed by atoms with van der Waals surface area (Å²) in [5.74, 6) is -1.23. The summed E-state index contributed by atoms with van der Waals surface area (Å²) in [5.41, 5.74) is 0.371. The minimum absolute atomic E-state index is 0.000620. The number of ether oxygens (including phenoxy) is 1. The summed E-state index contributed by atoms with van der Waals surface area (Å²) in [4.78, 5) is 24.9. The number of hydrogen-bond donors (Lipinski definition) is 1. The first-order chi connectivity index (χ1) is 10.8. The summed E-state index contributed by atoms with van der Waals surface area (Å²) in [5, 5.41) is 8.80. The van der Waals surface area contributed by atoms with Crippen molar-refractivity contribution < 1.29 is 27.9 Å². The van der Waals surface area contributed by atoms with Crippen molar-refractivity contribution in [2.24, 2.45) is 0 Å². The van der Waals surface area contributed by atoms with Crippen LogP contribution in [0.1, 0.15) is 23.7 Å². The first kappa shape index (κ1) is 17.4. The van der Waals surface area contributed by atoms with Gasteiger partial charge in [0, 0.05) is 18.7 Å². The molecular formula is C15H19NO6S. The number of amides is 1. The second-order valence-corrected chi connectivity index (χ2v) is 7.55. The fourth-order valence-corrected chi connectivity index (χ4v) is 3.26. The van der Waals surface area contributed by atoms with Gasteiger partial charge in [-0.25, -0.2) is 8.42 Å². The Hall–Kier alpha value is -1.93. The van der Waals surface area contributed by atoms with Crippen LogP contribution in [0.3, 0.4) is 0 Å². The van der Waals surface area contributed by atoms with Crippen LogP contribution in [0.25, 0.3) is 0 Å². The number of carboxylic acids is 1. The third-order valence-electron chi connectivity index (χ3n) is 3.67. The van der Waals surface area contributed by atoms with Crippen molar-refractivity contribution in [1.29, 1.82) is 0 Å². The van der Waals surface area contributed by atoms with Crippen LogP contribution in [0.15, 0.2) is 29.2 Å². The molecule has 1 aromatic carbocycles. The lowest BCUT2D eigenvalue weighted by atomic mass is 10.1. The molecule has 1 aromatic rings. The highest BCUT2D eigenvalue weighted by Crippen LogP contribution is 2.16. The van der Waals surface area contributed by atoms with Gasteiger partial charge in [-0.15, -0.1) is 0 Å². The number of benzene rings is 1. The van der Waals surface area contributed by atoms with Gasteiger partial charge in [0.15, 0.2) is 9.84 Å². The first-order valence-corrected chi connectivity index (χ1v) is 8.94. The molecule has 0 bridgehead atoms. The highest BCUT2D eigenvalue weighted by molar-refractivity contribution is 7.91. The average Bonchev–Trinajstić information content (AvgIpc) is 2.54. The third-order valence-corrected chi connectivity index (χ3v) is 5.42. The molecule has 1 atom stereocenters. The minimum Gasteiger partial charge on any atom is -0.481 e. The molecule has 1 amide bonds. The van der Waals surface area contributed by atoms with Crippen molar-refractivity contribution in [2.45, 2.75) is 24.3 Å². The minimum atomic E-state index is -3.30. The van der Waals surface area contributed by atoms with Gasteiger partial charge in [0.1, 0.15) is 0 Å². The summed E-state index contributed by atoms with van der Waals surface area (Å²) >= 11 is 0. The molecule has 7 nitrogen and oxygen atoms in total. The van der Waals surface area contributed by atoms with Crippen molar-refractivity contribution >= 4 is 21.7 Å². The number of aliphatic carboxylic acids is 1. The maximum absolute atomic E-state index is 12.4. The van der Waals surface area contributed by atoms with E-state index in [1.54, 1.807) is 6.92 Å². The zero-order valence-electron chi connectivity index (χ0n) is 12.8. The number of rotatable bonds is 5. The molecule has 0 saturated carbocycles. The molecule has 1 fully saturated rings. The first-order valence-electron chi connectivity index (χ1n) is 7.29. The molecule has 0 spiro atoms.